The first kappa shape index (κ1) is 14.6. The number of amides is 1. The summed E-state index contributed by atoms with van der Waals surface area (Å²) in [5.74, 6) is -1.44. The van der Waals surface area contributed by atoms with Crippen LogP contribution >= 0.6 is 0 Å². The second kappa shape index (κ2) is 5.83. The molecule has 0 spiro atoms. The number of hydrogen-bond acceptors (Lipinski definition) is 3. The lowest BCUT2D eigenvalue weighted by atomic mass is 9.82. The summed E-state index contributed by atoms with van der Waals surface area (Å²) in [5, 5.41) is 12.2. The van der Waals surface area contributed by atoms with Crippen molar-refractivity contribution in [3.8, 4) is 5.75 Å². The number of hydrogen-bond donors (Lipinski definition) is 2. The van der Waals surface area contributed by atoms with Gasteiger partial charge in [-0.2, -0.15) is 0 Å². The van der Waals surface area contributed by atoms with Gasteiger partial charge in [0.25, 0.3) is 0 Å². The number of rotatable bonds is 5. The molecule has 5 nitrogen and oxygen atoms in total. The lowest BCUT2D eigenvalue weighted by Crippen LogP contribution is -2.36. The highest BCUT2D eigenvalue weighted by Gasteiger charge is 2.51. The summed E-state index contributed by atoms with van der Waals surface area (Å²) in [6.45, 7) is 2.49. The number of aliphatic carboxylic acids is 1. The van der Waals surface area contributed by atoms with Crippen LogP contribution in [0.3, 0.4) is 0 Å². The van der Waals surface area contributed by atoms with E-state index in [1.807, 2.05) is 19.1 Å². The number of carbonyl (C=O) groups is 2. The molecule has 1 amide bonds. The monoisotopic (exact) mass is 301 g/mol. The van der Waals surface area contributed by atoms with Gasteiger partial charge in [0.1, 0.15) is 5.75 Å². The number of benzene rings is 1. The average molecular weight is 301 g/mol. The second-order valence-electron chi connectivity index (χ2n) is 5.78. The van der Waals surface area contributed by atoms with Gasteiger partial charge in [0, 0.05) is 5.69 Å². The molecule has 2 bridgehead atoms. The van der Waals surface area contributed by atoms with E-state index >= 15 is 0 Å². The van der Waals surface area contributed by atoms with E-state index in [1.54, 1.807) is 24.3 Å². The van der Waals surface area contributed by atoms with Crippen molar-refractivity contribution in [1.82, 2.24) is 0 Å². The average Bonchev–Trinajstić information content (AvgIpc) is 3.10. The first-order chi connectivity index (χ1) is 10.6. The Hall–Kier alpha value is -2.30. The molecule has 0 radical (unpaired) electrons. The molecule has 2 aliphatic carbocycles. The molecule has 0 aliphatic heterocycles. The van der Waals surface area contributed by atoms with E-state index < -0.39 is 17.8 Å². The highest BCUT2D eigenvalue weighted by atomic mass is 16.5. The maximum absolute atomic E-state index is 12.5. The van der Waals surface area contributed by atoms with Gasteiger partial charge < -0.3 is 15.2 Å². The fourth-order valence-corrected chi connectivity index (χ4v) is 3.54. The van der Waals surface area contributed by atoms with Crippen molar-refractivity contribution in [3.63, 3.8) is 0 Å². The molecule has 1 saturated carbocycles. The van der Waals surface area contributed by atoms with E-state index in [0.717, 1.165) is 12.2 Å². The molecule has 116 valence electrons. The van der Waals surface area contributed by atoms with Crippen molar-refractivity contribution in [2.45, 2.75) is 13.3 Å². The number of allylic oxidation sites excluding steroid dienone is 2. The topological polar surface area (TPSA) is 75.6 Å². The van der Waals surface area contributed by atoms with Gasteiger partial charge in [0.2, 0.25) is 5.91 Å². The van der Waals surface area contributed by atoms with Crippen LogP contribution in [0.25, 0.3) is 0 Å². The minimum atomic E-state index is -0.885. The van der Waals surface area contributed by atoms with Crippen LogP contribution in [0, 0.1) is 23.7 Å². The third-order valence-electron chi connectivity index (χ3n) is 4.48. The van der Waals surface area contributed by atoms with Gasteiger partial charge in [-0.1, -0.05) is 12.2 Å². The highest BCUT2D eigenvalue weighted by Crippen LogP contribution is 2.48. The number of carboxylic acids is 1. The van der Waals surface area contributed by atoms with Crippen molar-refractivity contribution in [2.24, 2.45) is 23.7 Å². The maximum Gasteiger partial charge on any atom is 0.307 e. The molecule has 22 heavy (non-hydrogen) atoms. The van der Waals surface area contributed by atoms with Gasteiger partial charge in [0.15, 0.2) is 0 Å². The molecule has 3 rings (SSSR count). The largest absolute Gasteiger partial charge is 0.494 e. The van der Waals surface area contributed by atoms with Crippen LogP contribution in [0.5, 0.6) is 5.75 Å². The van der Waals surface area contributed by atoms with E-state index in [1.165, 1.54) is 0 Å². The third-order valence-corrected chi connectivity index (χ3v) is 4.48. The van der Waals surface area contributed by atoms with Crippen molar-refractivity contribution in [1.29, 1.82) is 0 Å². The first-order valence-electron chi connectivity index (χ1n) is 7.55. The Balaban J connectivity index is 1.71. The lowest BCUT2D eigenvalue weighted by molar-refractivity contribution is -0.146. The maximum atomic E-state index is 12.5. The fourth-order valence-electron chi connectivity index (χ4n) is 3.54. The number of nitrogens with one attached hydrogen (secondary N) is 1. The quantitative estimate of drug-likeness (QED) is 0.820. The van der Waals surface area contributed by atoms with Crippen LogP contribution in [0.2, 0.25) is 0 Å². The van der Waals surface area contributed by atoms with Crippen LogP contribution in [-0.4, -0.2) is 23.6 Å². The van der Waals surface area contributed by atoms with E-state index in [4.69, 9.17) is 4.74 Å². The summed E-state index contributed by atoms with van der Waals surface area (Å²) in [7, 11) is 0. The molecule has 0 aromatic heterocycles. The summed E-state index contributed by atoms with van der Waals surface area (Å²) < 4.78 is 5.35. The van der Waals surface area contributed by atoms with Gasteiger partial charge in [-0.05, 0) is 49.4 Å². The zero-order chi connectivity index (χ0) is 15.7. The van der Waals surface area contributed by atoms with Crippen molar-refractivity contribution in [3.05, 3.63) is 36.4 Å². The number of fused-ring (bicyclic) bond motifs is 2. The van der Waals surface area contributed by atoms with Gasteiger partial charge in [-0.25, -0.2) is 0 Å². The Morgan fingerprint density at radius 1 is 1.18 bits per heavy atom. The Morgan fingerprint density at radius 3 is 2.41 bits per heavy atom. The predicted octanol–water partition coefficient (Wildman–Crippen LogP) is 2.55. The summed E-state index contributed by atoms with van der Waals surface area (Å²) in [6, 6.07) is 7.10. The number of ether oxygens (including phenoxy) is 1. The molecule has 5 heteroatoms. The second-order valence-corrected chi connectivity index (χ2v) is 5.78. The fraction of sp³-hybridized carbons (Fsp3) is 0.412. The minimum Gasteiger partial charge on any atom is -0.494 e. The molecule has 0 unspecified atom stereocenters. The van der Waals surface area contributed by atoms with Gasteiger partial charge in [0.05, 0.1) is 18.4 Å². The molecule has 0 saturated heterocycles. The Labute approximate surface area is 129 Å². The molecular weight excluding hydrogens is 282 g/mol. The molecule has 1 fully saturated rings. The molecule has 2 aliphatic rings. The van der Waals surface area contributed by atoms with Crippen LogP contribution in [-0.2, 0) is 9.59 Å². The van der Waals surface area contributed by atoms with Gasteiger partial charge in [-0.15, -0.1) is 0 Å². The molecule has 0 heterocycles. The van der Waals surface area contributed by atoms with Crippen LogP contribution in [0.15, 0.2) is 36.4 Å². The zero-order valence-corrected chi connectivity index (χ0v) is 12.4. The van der Waals surface area contributed by atoms with E-state index in [0.29, 0.717) is 12.3 Å². The number of carbonyl (C=O) groups excluding carboxylic acids is 1. The third kappa shape index (κ3) is 2.58. The predicted molar refractivity (Wildman–Crippen MR) is 81.6 cm³/mol. The first-order valence-corrected chi connectivity index (χ1v) is 7.55. The van der Waals surface area contributed by atoms with Crippen molar-refractivity contribution >= 4 is 17.6 Å². The minimum absolute atomic E-state index is 0.0152. The number of anilines is 1. The van der Waals surface area contributed by atoms with Gasteiger partial charge in [-0.3, -0.25) is 9.59 Å². The van der Waals surface area contributed by atoms with Crippen LogP contribution in [0.1, 0.15) is 13.3 Å². The van der Waals surface area contributed by atoms with Crippen LogP contribution in [0.4, 0.5) is 5.69 Å². The number of carboxylic acid groups (broad SMARTS) is 1. The molecule has 1 aromatic carbocycles. The normalized spacial score (nSPS) is 28.6. The summed E-state index contributed by atoms with van der Waals surface area (Å²) >= 11 is 0. The van der Waals surface area contributed by atoms with Gasteiger partial charge >= 0.3 is 5.97 Å². The lowest BCUT2D eigenvalue weighted by Gasteiger charge is -2.23. The summed E-state index contributed by atoms with van der Waals surface area (Å²) in [5.41, 5.74) is 0.657. The van der Waals surface area contributed by atoms with E-state index in [9.17, 15) is 14.7 Å². The smallest absolute Gasteiger partial charge is 0.307 e. The standard InChI is InChI=1S/C17H19NO4/c1-2-22-13-7-5-12(6-8-13)18-16(19)14-10-3-4-11(9-10)15(14)17(20)21/h3-8,10-11,14-15H,2,9H2,1H3,(H,18,19)(H,20,21)/t10-,11+,14-,15+/m1/s1. The Kier molecular flexibility index (Phi) is 3.88. The summed E-state index contributed by atoms with van der Waals surface area (Å²) in [6.07, 6.45) is 4.68. The zero-order valence-electron chi connectivity index (χ0n) is 12.4. The molecule has 4 atom stereocenters. The molecule has 1 aromatic rings. The Morgan fingerprint density at radius 2 is 1.82 bits per heavy atom. The van der Waals surface area contributed by atoms with Crippen LogP contribution < -0.4 is 10.1 Å². The van der Waals surface area contributed by atoms with Crippen molar-refractivity contribution < 1.29 is 19.4 Å². The van der Waals surface area contributed by atoms with E-state index in [-0.39, 0.29) is 17.7 Å². The molecular formula is C17H19NO4. The Bertz CT molecular complexity index is 608. The van der Waals surface area contributed by atoms with E-state index in [2.05, 4.69) is 5.32 Å². The van der Waals surface area contributed by atoms with Crippen molar-refractivity contribution in [2.75, 3.05) is 11.9 Å². The molecule has 2 N–H and O–H groups in total. The SMILES string of the molecule is CCOc1ccc(NC(=O)[C@H]2[C@@H](C(=O)O)[C@H]3C=C[C@@H]2C3)cc1. The summed E-state index contributed by atoms with van der Waals surface area (Å²) in [4.78, 5) is 23.9. The highest BCUT2D eigenvalue weighted by molar-refractivity contribution is 5.96.